The first kappa shape index (κ1) is 15.1. The van der Waals surface area contributed by atoms with Crippen molar-refractivity contribution in [2.75, 3.05) is 12.4 Å². The molecule has 0 aliphatic heterocycles. The lowest BCUT2D eigenvalue weighted by molar-refractivity contribution is 0.302. The molecular formula is C19H17N5O. The summed E-state index contributed by atoms with van der Waals surface area (Å²) >= 11 is 0. The van der Waals surface area contributed by atoms with Crippen LogP contribution in [0, 0.1) is 0 Å². The van der Waals surface area contributed by atoms with Crippen LogP contribution in [0.3, 0.4) is 0 Å². The van der Waals surface area contributed by atoms with Gasteiger partial charge in [-0.15, -0.1) is 5.10 Å². The standard InChI is InChI=1S/C19H17N5O/c1-20-19-18(22-24-23-19)14-6-4-7-16(11-14)25-12-15-10-9-13-5-2-3-8-17(13)21-15/h2-11H,12H2,1H3,(H2,20,22,23,24). The van der Waals surface area contributed by atoms with Gasteiger partial charge in [-0.2, -0.15) is 10.3 Å². The van der Waals surface area contributed by atoms with Gasteiger partial charge in [-0.25, -0.2) is 4.98 Å². The molecule has 0 fully saturated rings. The average Bonchev–Trinajstić information content (AvgIpc) is 3.15. The lowest BCUT2D eigenvalue weighted by Crippen LogP contribution is -1.98. The Morgan fingerprint density at radius 1 is 1.00 bits per heavy atom. The second-order valence-electron chi connectivity index (χ2n) is 5.58. The highest BCUT2D eigenvalue weighted by Gasteiger charge is 2.09. The molecule has 4 rings (SSSR count). The van der Waals surface area contributed by atoms with E-state index in [4.69, 9.17) is 4.74 Å². The van der Waals surface area contributed by atoms with E-state index >= 15 is 0 Å². The molecule has 6 nitrogen and oxygen atoms in total. The Morgan fingerprint density at radius 3 is 2.84 bits per heavy atom. The van der Waals surface area contributed by atoms with Gasteiger partial charge in [0, 0.05) is 18.0 Å². The van der Waals surface area contributed by atoms with Gasteiger partial charge in [0.15, 0.2) is 5.82 Å². The van der Waals surface area contributed by atoms with Gasteiger partial charge in [0.05, 0.1) is 11.2 Å². The summed E-state index contributed by atoms with van der Waals surface area (Å²) in [5.41, 5.74) is 3.55. The minimum atomic E-state index is 0.409. The van der Waals surface area contributed by atoms with E-state index in [9.17, 15) is 0 Å². The third kappa shape index (κ3) is 3.14. The lowest BCUT2D eigenvalue weighted by atomic mass is 10.1. The molecule has 2 aromatic carbocycles. The predicted molar refractivity (Wildman–Crippen MR) is 97.4 cm³/mol. The van der Waals surface area contributed by atoms with E-state index in [2.05, 4.69) is 31.8 Å². The van der Waals surface area contributed by atoms with Gasteiger partial charge in [0.25, 0.3) is 0 Å². The molecule has 0 bridgehead atoms. The molecule has 0 aliphatic carbocycles. The fraction of sp³-hybridized carbons (Fsp3) is 0.105. The number of ether oxygens (including phenoxy) is 1. The van der Waals surface area contributed by atoms with Crippen LogP contribution < -0.4 is 10.1 Å². The summed E-state index contributed by atoms with van der Waals surface area (Å²) in [5, 5.41) is 15.0. The van der Waals surface area contributed by atoms with E-state index in [0.29, 0.717) is 12.4 Å². The maximum Gasteiger partial charge on any atom is 0.176 e. The quantitative estimate of drug-likeness (QED) is 0.584. The summed E-state index contributed by atoms with van der Waals surface area (Å²) < 4.78 is 5.91. The second-order valence-corrected chi connectivity index (χ2v) is 5.58. The molecule has 6 heteroatoms. The van der Waals surface area contributed by atoms with Crippen molar-refractivity contribution in [3.63, 3.8) is 0 Å². The maximum atomic E-state index is 5.91. The number of anilines is 1. The lowest BCUT2D eigenvalue weighted by Gasteiger charge is -2.08. The number of nitrogens with zero attached hydrogens (tertiary/aromatic N) is 3. The molecule has 0 aliphatic rings. The molecule has 0 atom stereocenters. The number of H-pyrrole nitrogens is 1. The van der Waals surface area contributed by atoms with Gasteiger partial charge in [0.2, 0.25) is 0 Å². The van der Waals surface area contributed by atoms with Crippen LogP contribution in [0.2, 0.25) is 0 Å². The van der Waals surface area contributed by atoms with Gasteiger partial charge in [-0.3, -0.25) is 0 Å². The number of fused-ring (bicyclic) bond motifs is 1. The van der Waals surface area contributed by atoms with E-state index < -0.39 is 0 Å². The zero-order valence-corrected chi connectivity index (χ0v) is 13.7. The van der Waals surface area contributed by atoms with E-state index in [-0.39, 0.29) is 0 Å². The zero-order chi connectivity index (χ0) is 17.1. The number of benzene rings is 2. The Bertz CT molecular complexity index is 1010. The number of aromatic nitrogens is 4. The minimum absolute atomic E-state index is 0.409. The summed E-state index contributed by atoms with van der Waals surface area (Å²) in [7, 11) is 1.81. The molecule has 25 heavy (non-hydrogen) atoms. The Balaban J connectivity index is 1.53. The molecule has 2 N–H and O–H groups in total. The summed E-state index contributed by atoms with van der Waals surface area (Å²) in [4.78, 5) is 4.63. The normalized spacial score (nSPS) is 10.8. The molecule has 0 unspecified atom stereocenters. The van der Waals surface area contributed by atoms with Gasteiger partial charge in [-0.05, 0) is 24.3 Å². The SMILES string of the molecule is CNc1n[nH]nc1-c1cccc(OCc2ccc3ccccc3n2)c1. The summed E-state index contributed by atoms with van der Waals surface area (Å²) in [5.74, 6) is 1.46. The fourth-order valence-corrected chi connectivity index (χ4v) is 2.69. The summed E-state index contributed by atoms with van der Waals surface area (Å²) in [6.07, 6.45) is 0. The maximum absolute atomic E-state index is 5.91. The number of para-hydroxylation sites is 1. The number of hydrogen-bond acceptors (Lipinski definition) is 5. The smallest absolute Gasteiger partial charge is 0.176 e. The van der Waals surface area contributed by atoms with Gasteiger partial charge < -0.3 is 10.1 Å². The number of rotatable bonds is 5. The van der Waals surface area contributed by atoms with Crippen LogP contribution in [-0.2, 0) is 6.61 Å². The second kappa shape index (κ2) is 6.60. The summed E-state index contributed by atoms with van der Waals surface area (Å²) in [6, 6.07) is 19.9. The molecule has 0 spiro atoms. The van der Waals surface area contributed by atoms with Crippen LogP contribution in [0.1, 0.15) is 5.69 Å². The van der Waals surface area contributed by atoms with Crippen molar-refractivity contribution in [1.29, 1.82) is 0 Å². The molecule has 0 amide bonds. The Kier molecular flexibility index (Phi) is 4.00. The molecule has 0 saturated heterocycles. The van der Waals surface area contributed by atoms with Crippen molar-refractivity contribution in [3.8, 4) is 17.0 Å². The summed E-state index contributed by atoms with van der Waals surface area (Å²) in [6.45, 7) is 0.409. The van der Waals surface area contributed by atoms with Crippen LogP contribution in [0.4, 0.5) is 5.82 Å². The predicted octanol–water partition coefficient (Wildman–Crippen LogP) is 3.64. The van der Waals surface area contributed by atoms with Crippen molar-refractivity contribution in [2.24, 2.45) is 0 Å². The third-order valence-electron chi connectivity index (χ3n) is 3.93. The first-order valence-corrected chi connectivity index (χ1v) is 8.00. The monoisotopic (exact) mass is 331 g/mol. The van der Waals surface area contributed by atoms with E-state index in [1.54, 1.807) is 0 Å². The van der Waals surface area contributed by atoms with Crippen LogP contribution in [-0.4, -0.2) is 27.4 Å². The number of pyridine rings is 1. The number of aromatic amines is 1. The van der Waals surface area contributed by atoms with Crippen molar-refractivity contribution in [2.45, 2.75) is 6.61 Å². The molecule has 4 aromatic rings. The van der Waals surface area contributed by atoms with E-state index in [1.807, 2.05) is 61.6 Å². The fourth-order valence-electron chi connectivity index (χ4n) is 2.69. The topological polar surface area (TPSA) is 75.7 Å². The molecule has 2 aromatic heterocycles. The van der Waals surface area contributed by atoms with Gasteiger partial charge in [-0.1, -0.05) is 36.4 Å². The molecule has 0 saturated carbocycles. The average molecular weight is 331 g/mol. The van der Waals surface area contributed by atoms with Gasteiger partial charge in [0.1, 0.15) is 18.1 Å². The minimum Gasteiger partial charge on any atom is -0.487 e. The first-order valence-electron chi connectivity index (χ1n) is 8.00. The van der Waals surface area contributed by atoms with Crippen LogP contribution in [0.25, 0.3) is 22.2 Å². The van der Waals surface area contributed by atoms with Crippen LogP contribution >= 0.6 is 0 Å². The van der Waals surface area contributed by atoms with Crippen LogP contribution in [0.15, 0.2) is 60.7 Å². The van der Waals surface area contributed by atoms with Crippen molar-refractivity contribution in [3.05, 3.63) is 66.4 Å². The van der Waals surface area contributed by atoms with Crippen molar-refractivity contribution >= 4 is 16.7 Å². The van der Waals surface area contributed by atoms with E-state index in [0.717, 1.165) is 33.6 Å². The van der Waals surface area contributed by atoms with Gasteiger partial charge >= 0.3 is 0 Å². The van der Waals surface area contributed by atoms with E-state index in [1.165, 1.54) is 0 Å². The Morgan fingerprint density at radius 2 is 1.92 bits per heavy atom. The first-order chi connectivity index (χ1) is 12.3. The third-order valence-corrected chi connectivity index (χ3v) is 3.93. The van der Waals surface area contributed by atoms with Crippen LogP contribution in [0.5, 0.6) is 5.75 Å². The highest BCUT2D eigenvalue weighted by atomic mass is 16.5. The zero-order valence-electron chi connectivity index (χ0n) is 13.7. The van der Waals surface area contributed by atoms with Crippen molar-refractivity contribution < 1.29 is 4.74 Å². The largest absolute Gasteiger partial charge is 0.487 e. The number of hydrogen-bond donors (Lipinski definition) is 2. The number of nitrogens with one attached hydrogen (secondary N) is 2. The highest BCUT2D eigenvalue weighted by Crippen LogP contribution is 2.26. The molecule has 124 valence electrons. The highest BCUT2D eigenvalue weighted by molar-refractivity contribution is 5.78. The molecule has 2 heterocycles. The Labute approximate surface area is 144 Å². The molecule has 0 radical (unpaired) electrons. The Hall–Kier alpha value is -3.41. The molecular weight excluding hydrogens is 314 g/mol. The van der Waals surface area contributed by atoms with Crippen molar-refractivity contribution in [1.82, 2.24) is 20.4 Å².